The molecule has 0 bridgehead atoms. The van der Waals surface area contributed by atoms with Gasteiger partial charge in [-0.1, -0.05) is 25.6 Å². The zero-order valence-corrected chi connectivity index (χ0v) is 15.3. The molecular formula is C18H19F3N2O2S. The van der Waals surface area contributed by atoms with E-state index in [9.17, 15) is 18.0 Å². The lowest BCUT2D eigenvalue weighted by Crippen LogP contribution is -2.29. The predicted molar refractivity (Wildman–Crippen MR) is 95.3 cm³/mol. The molecule has 0 spiro atoms. The van der Waals surface area contributed by atoms with Crippen LogP contribution in [0.5, 0.6) is 5.75 Å². The number of nitrogens with zero attached hydrogens (tertiary/aromatic N) is 1. The third-order valence-electron chi connectivity index (χ3n) is 3.53. The molecule has 0 saturated carbocycles. The molecule has 1 heterocycles. The maximum atomic E-state index is 12.6. The molecule has 140 valence electrons. The van der Waals surface area contributed by atoms with E-state index >= 15 is 0 Å². The molecule has 0 aliphatic carbocycles. The summed E-state index contributed by atoms with van der Waals surface area (Å²) in [4.78, 5) is 16.4. The number of hydrogen-bond acceptors (Lipinski definition) is 4. The largest absolute Gasteiger partial charge is 0.497 e. The van der Waals surface area contributed by atoms with Crippen molar-refractivity contribution in [2.75, 3.05) is 12.4 Å². The second-order valence-corrected chi connectivity index (χ2v) is 7.04. The summed E-state index contributed by atoms with van der Waals surface area (Å²) in [6.45, 7) is 3.74. The third-order valence-corrected chi connectivity index (χ3v) is 5.03. The molecule has 2 rings (SSSR count). The number of pyridine rings is 1. The first kappa shape index (κ1) is 20.1. The van der Waals surface area contributed by atoms with Gasteiger partial charge in [0.05, 0.1) is 22.9 Å². The number of halogens is 3. The lowest BCUT2D eigenvalue weighted by molar-refractivity contribution is -0.137. The number of thioether (sulfide) groups is 1. The third kappa shape index (κ3) is 5.39. The van der Waals surface area contributed by atoms with Crippen LogP contribution < -0.4 is 10.1 Å². The number of anilines is 1. The zero-order valence-electron chi connectivity index (χ0n) is 14.5. The molecule has 1 aromatic carbocycles. The number of aromatic nitrogens is 1. The van der Waals surface area contributed by atoms with Crippen LogP contribution in [0.2, 0.25) is 0 Å². The van der Waals surface area contributed by atoms with Crippen molar-refractivity contribution in [2.24, 2.45) is 5.92 Å². The van der Waals surface area contributed by atoms with Crippen LogP contribution in [0.3, 0.4) is 0 Å². The Balaban J connectivity index is 2.08. The Labute approximate surface area is 154 Å². The molecular weight excluding hydrogens is 365 g/mol. The summed E-state index contributed by atoms with van der Waals surface area (Å²) in [6.07, 6.45) is -3.65. The SMILES string of the molecule is COc1ccc(NC(=O)[C@@H](Sc2ccc(C(F)(F)F)cn2)C(C)C)cc1. The van der Waals surface area contributed by atoms with Gasteiger partial charge in [0.25, 0.3) is 0 Å². The van der Waals surface area contributed by atoms with Crippen molar-refractivity contribution >= 4 is 23.4 Å². The molecule has 1 amide bonds. The number of alkyl halides is 3. The standard InChI is InChI=1S/C18H19F3N2O2S/c1-11(2)16(17(24)23-13-5-7-14(25-3)8-6-13)26-15-9-4-12(10-22-15)18(19,20)21/h4-11,16H,1-3H3,(H,23,24)/t16-/m0/s1. The fourth-order valence-corrected chi connectivity index (χ4v) is 3.09. The summed E-state index contributed by atoms with van der Waals surface area (Å²) in [5.74, 6) is 0.394. The van der Waals surface area contributed by atoms with Gasteiger partial charge in [0.2, 0.25) is 5.91 Å². The predicted octanol–water partition coefficient (Wildman–Crippen LogP) is 4.86. The van der Waals surface area contributed by atoms with E-state index in [2.05, 4.69) is 10.3 Å². The fraction of sp³-hybridized carbons (Fsp3) is 0.333. The second kappa shape index (κ2) is 8.44. The van der Waals surface area contributed by atoms with Crippen LogP contribution >= 0.6 is 11.8 Å². The molecule has 1 N–H and O–H groups in total. The van der Waals surface area contributed by atoms with Crippen molar-refractivity contribution in [1.82, 2.24) is 4.98 Å². The van der Waals surface area contributed by atoms with Crippen molar-refractivity contribution in [3.63, 3.8) is 0 Å². The summed E-state index contributed by atoms with van der Waals surface area (Å²) in [6, 6.07) is 9.14. The van der Waals surface area contributed by atoms with Crippen molar-refractivity contribution in [3.05, 3.63) is 48.2 Å². The first-order valence-electron chi connectivity index (χ1n) is 7.85. The average molecular weight is 384 g/mol. The van der Waals surface area contributed by atoms with Gasteiger partial charge >= 0.3 is 6.18 Å². The molecule has 2 aromatic rings. The summed E-state index contributed by atoms with van der Waals surface area (Å²) in [5.41, 5.74) is -0.201. The Hall–Kier alpha value is -2.22. The van der Waals surface area contributed by atoms with Crippen molar-refractivity contribution in [1.29, 1.82) is 0 Å². The topological polar surface area (TPSA) is 51.2 Å². The monoisotopic (exact) mass is 384 g/mol. The number of methoxy groups -OCH3 is 1. The highest BCUT2D eigenvalue weighted by Crippen LogP contribution is 2.32. The van der Waals surface area contributed by atoms with Crippen LogP contribution in [0.4, 0.5) is 18.9 Å². The summed E-state index contributed by atoms with van der Waals surface area (Å²) in [7, 11) is 1.55. The van der Waals surface area contributed by atoms with E-state index in [0.29, 0.717) is 16.5 Å². The highest BCUT2D eigenvalue weighted by molar-refractivity contribution is 8.00. The number of carbonyl (C=O) groups is 1. The molecule has 1 atom stereocenters. The Morgan fingerprint density at radius 1 is 1.15 bits per heavy atom. The Morgan fingerprint density at radius 3 is 2.27 bits per heavy atom. The molecule has 0 unspecified atom stereocenters. The minimum absolute atomic E-state index is 0.0395. The van der Waals surface area contributed by atoms with Crippen LogP contribution in [0.25, 0.3) is 0 Å². The van der Waals surface area contributed by atoms with E-state index < -0.39 is 17.0 Å². The molecule has 0 aliphatic rings. The van der Waals surface area contributed by atoms with Gasteiger partial charge in [-0.3, -0.25) is 4.79 Å². The normalized spacial score (nSPS) is 12.7. The van der Waals surface area contributed by atoms with Crippen LogP contribution in [0.15, 0.2) is 47.6 Å². The molecule has 8 heteroatoms. The molecule has 1 aromatic heterocycles. The Morgan fingerprint density at radius 2 is 1.81 bits per heavy atom. The molecule has 4 nitrogen and oxygen atoms in total. The maximum Gasteiger partial charge on any atom is 0.417 e. The number of hydrogen-bond donors (Lipinski definition) is 1. The summed E-state index contributed by atoms with van der Waals surface area (Å²) >= 11 is 1.14. The number of amides is 1. The molecule has 26 heavy (non-hydrogen) atoms. The van der Waals surface area contributed by atoms with Crippen molar-refractivity contribution < 1.29 is 22.7 Å². The number of ether oxygens (including phenoxy) is 1. The van der Waals surface area contributed by atoms with Crippen LogP contribution in [-0.4, -0.2) is 23.3 Å². The number of benzene rings is 1. The number of rotatable bonds is 6. The van der Waals surface area contributed by atoms with Gasteiger partial charge in [-0.2, -0.15) is 13.2 Å². The number of carbonyl (C=O) groups excluding carboxylic acids is 1. The van der Waals surface area contributed by atoms with E-state index in [-0.39, 0.29) is 11.8 Å². The average Bonchev–Trinajstić information content (AvgIpc) is 2.59. The Bertz CT molecular complexity index is 732. The van der Waals surface area contributed by atoms with Crippen molar-refractivity contribution in [2.45, 2.75) is 30.3 Å². The van der Waals surface area contributed by atoms with E-state index in [1.54, 1.807) is 31.4 Å². The lowest BCUT2D eigenvalue weighted by Gasteiger charge is -2.19. The van der Waals surface area contributed by atoms with E-state index in [1.165, 1.54) is 6.07 Å². The fourth-order valence-electron chi connectivity index (χ4n) is 2.13. The molecule has 0 saturated heterocycles. The molecule has 0 radical (unpaired) electrons. The van der Waals surface area contributed by atoms with Gasteiger partial charge in [-0.15, -0.1) is 0 Å². The molecule has 0 fully saturated rings. The molecule has 0 aliphatic heterocycles. The first-order chi connectivity index (χ1) is 12.2. The zero-order chi connectivity index (χ0) is 19.3. The minimum Gasteiger partial charge on any atom is -0.497 e. The highest BCUT2D eigenvalue weighted by Gasteiger charge is 2.31. The summed E-state index contributed by atoms with van der Waals surface area (Å²) in [5, 5.41) is 2.67. The minimum atomic E-state index is -4.43. The van der Waals surface area contributed by atoms with Crippen molar-refractivity contribution in [3.8, 4) is 5.75 Å². The quantitative estimate of drug-likeness (QED) is 0.723. The van der Waals surface area contributed by atoms with Crippen LogP contribution in [0.1, 0.15) is 19.4 Å². The van der Waals surface area contributed by atoms with Gasteiger partial charge < -0.3 is 10.1 Å². The first-order valence-corrected chi connectivity index (χ1v) is 8.73. The number of nitrogens with one attached hydrogen (secondary N) is 1. The lowest BCUT2D eigenvalue weighted by atomic mass is 10.1. The Kier molecular flexibility index (Phi) is 6.52. The van der Waals surface area contributed by atoms with Gasteiger partial charge in [0.15, 0.2) is 0 Å². The van der Waals surface area contributed by atoms with E-state index in [4.69, 9.17) is 4.74 Å². The van der Waals surface area contributed by atoms with Gasteiger partial charge in [-0.25, -0.2) is 4.98 Å². The maximum absolute atomic E-state index is 12.6. The van der Waals surface area contributed by atoms with Crippen LogP contribution in [-0.2, 0) is 11.0 Å². The van der Waals surface area contributed by atoms with E-state index in [1.807, 2.05) is 13.8 Å². The smallest absolute Gasteiger partial charge is 0.417 e. The van der Waals surface area contributed by atoms with Crippen LogP contribution in [0, 0.1) is 5.92 Å². The van der Waals surface area contributed by atoms with Gasteiger partial charge in [0, 0.05) is 11.9 Å². The second-order valence-electron chi connectivity index (χ2n) is 5.88. The summed E-state index contributed by atoms with van der Waals surface area (Å²) < 4.78 is 42.9. The van der Waals surface area contributed by atoms with Gasteiger partial charge in [0.1, 0.15) is 5.75 Å². The van der Waals surface area contributed by atoms with Gasteiger partial charge in [-0.05, 0) is 42.3 Å². The highest BCUT2D eigenvalue weighted by atomic mass is 32.2. The van der Waals surface area contributed by atoms with E-state index in [0.717, 1.165) is 24.0 Å².